The molecule has 31 heavy (non-hydrogen) atoms. The maximum Gasteiger partial charge on any atom is 0.237 e. The highest BCUT2D eigenvalue weighted by Gasteiger charge is 2.15. The summed E-state index contributed by atoms with van der Waals surface area (Å²) in [5, 5.41) is 16.6. The van der Waals surface area contributed by atoms with Crippen LogP contribution in [0.2, 0.25) is 0 Å². The number of hydrogen-bond acceptors (Lipinski definition) is 6. The third-order valence-electron chi connectivity index (χ3n) is 4.60. The van der Waals surface area contributed by atoms with Crippen molar-refractivity contribution in [3.05, 3.63) is 58.9 Å². The number of nitrogens with zero attached hydrogens (tertiary/aromatic N) is 4. The van der Waals surface area contributed by atoms with E-state index >= 15 is 0 Å². The highest BCUT2D eigenvalue weighted by molar-refractivity contribution is 7.86. The van der Waals surface area contributed by atoms with Crippen LogP contribution >= 0.6 is 0 Å². The molecular weight excluding hydrogens is 416 g/mol. The number of nitrogens with one attached hydrogen (secondary N) is 2. The molecule has 0 saturated heterocycles. The number of hydrogen-bond donors (Lipinski definition) is 2. The summed E-state index contributed by atoms with van der Waals surface area (Å²) >= 11 is 0. The van der Waals surface area contributed by atoms with E-state index in [1.807, 2.05) is 39.8 Å². The Morgan fingerprint density at radius 3 is 2.16 bits per heavy atom. The minimum absolute atomic E-state index is 0.253. The molecule has 0 aliphatic carbocycles. The fraction of sp³-hybridized carbons (Fsp3) is 0.286. The summed E-state index contributed by atoms with van der Waals surface area (Å²) in [5.41, 5.74) is 5.90. The standard InChI is InChI=1S/C21H24N6O3S/c1-13-7-15(3)21(16(4)8-13)24-20(29)11-31(30)10-19(28)23-17-5-6-18(14(2)9-17)27-12-22-25-26-27/h5-9,12H,10-11H2,1-4H3,(H,23,28)(H,24,29)/t31-/m0/s1. The topological polar surface area (TPSA) is 119 Å². The fourth-order valence-corrected chi connectivity index (χ4v) is 4.19. The van der Waals surface area contributed by atoms with E-state index < -0.39 is 16.7 Å². The fourth-order valence-electron chi connectivity index (χ4n) is 3.36. The van der Waals surface area contributed by atoms with Gasteiger partial charge < -0.3 is 10.6 Å². The first-order chi connectivity index (χ1) is 14.7. The lowest BCUT2D eigenvalue weighted by atomic mass is 10.1. The Labute approximate surface area is 182 Å². The maximum absolute atomic E-state index is 12.3. The van der Waals surface area contributed by atoms with Crippen LogP contribution in [0.25, 0.3) is 5.69 Å². The molecule has 0 bridgehead atoms. The van der Waals surface area contributed by atoms with E-state index in [4.69, 9.17) is 0 Å². The van der Waals surface area contributed by atoms with Crippen LogP contribution in [0.15, 0.2) is 36.7 Å². The Morgan fingerprint density at radius 2 is 1.58 bits per heavy atom. The Hall–Kier alpha value is -3.40. The zero-order valence-electron chi connectivity index (χ0n) is 17.8. The summed E-state index contributed by atoms with van der Waals surface area (Å²) in [4.78, 5) is 24.6. The zero-order chi connectivity index (χ0) is 22.5. The number of anilines is 2. The van der Waals surface area contributed by atoms with Crippen LogP contribution in [0.3, 0.4) is 0 Å². The summed E-state index contributed by atoms with van der Waals surface area (Å²) in [6, 6.07) is 9.20. The molecule has 0 spiro atoms. The normalized spacial score (nSPS) is 11.7. The number of carbonyl (C=O) groups excluding carboxylic acids is 2. The molecule has 2 amide bonds. The summed E-state index contributed by atoms with van der Waals surface area (Å²) < 4.78 is 13.8. The smallest absolute Gasteiger partial charge is 0.237 e. The molecule has 0 unspecified atom stereocenters. The van der Waals surface area contributed by atoms with Crippen LogP contribution in [0.5, 0.6) is 0 Å². The van der Waals surface area contributed by atoms with Crippen LogP contribution in [-0.2, 0) is 20.4 Å². The van der Waals surface area contributed by atoms with Crippen LogP contribution in [0.4, 0.5) is 11.4 Å². The Balaban J connectivity index is 1.54. The van der Waals surface area contributed by atoms with Crippen molar-refractivity contribution in [1.82, 2.24) is 20.2 Å². The predicted molar refractivity (Wildman–Crippen MR) is 120 cm³/mol. The van der Waals surface area contributed by atoms with Crippen LogP contribution in [0, 0.1) is 27.7 Å². The number of aromatic nitrogens is 4. The van der Waals surface area contributed by atoms with Gasteiger partial charge in [-0.25, -0.2) is 4.68 Å². The molecule has 10 heteroatoms. The minimum atomic E-state index is -1.63. The SMILES string of the molecule is Cc1cc(C)c(NC(=O)C[S@@](=O)CC(=O)Nc2ccc(-n3cnnn3)c(C)c2)c(C)c1. The van der Waals surface area contributed by atoms with Crippen molar-refractivity contribution in [1.29, 1.82) is 0 Å². The van der Waals surface area contributed by atoms with Gasteiger partial charge >= 0.3 is 0 Å². The van der Waals surface area contributed by atoms with Gasteiger partial charge in [-0.2, -0.15) is 0 Å². The quantitative estimate of drug-likeness (QED) is 0.581. The van der Waals surface area contributed by atoms with Gasteiger partial charge in [0.2, 0.25) is 11.8 Å². The van der Waals surface area contributed by atoms with Gasteiger partial charge in [-0.05, 0) is 73.0 Å². The molecule has 2 aromatic carbocycles. The van der Waals surface area contributed by atoms with Gasteiger partial charge in [0.1, 0.15) is 17.8 Å². The van der Waals surface area contributed by atoms with Crippen molar-refractivity contribution in [3.8, 4) is 5.69 Å². The summed E-state index contributed by atoms with van der Waals surface area (Å²) in [5.74, 6) is -1.34. The average Bonchev–Trinajstić information content (AvgIpc) is 3.18. The summed E-state index contributed by atoms with van der Waals surface area (Å²) in [6.45, 7) is 7.67. The molecule has 1 heterocycles. The van der Waals surface area contributed by atoms with Gasteiger partial charge in [-0.1, -0.05) is 17.7 Å². The third-order valence-corrected chi connectivity index (χ3v) is 5.77. The van der Waals surface area contributed by atoms with Gasteiger partial charge in [-0.3, -0.25) is 13.8 Å². The van der Waals surface area contributed by atoms with Crippen molar-refractivity contribution < 1.29 is 13.8 Å². The first kappa shape index (κ1) is 22.3. The summed E-state index contributed by atoms with van der Waals surface area (Å²) in [6.07, 6.45) is 1.48. The van der Waals surface area contributed by atoms with E-state index in [0.29, 0.717) is 5.69 Å². The number of benzene rings is 2. The Bertz CT molecular complexity index is 1120. The van der Waals surface area contributed by atoms with Crippen LogP contribution in [-0.4, -0.2) is 47.7 Å². The van der Waals surface area contributed by atoms with E-state index in [2.05, 4.69) is 26.2 Å². The molecule has 1 atom stereocenters. The summed E-state index contributed by atoms with van der Waals surface area (Å²) in [7, 11) is -1.63. The lowest BCUT2D eigenvalue weighted by Crippen LogP contribution is -2.26. The number of tetrazole rings is 1. The largest absolute Gasteiger partial charge is 0.325 e. The third kappa shape index (κ3) is 5.82. The average molecular weight is 441 g/mol. The molecule has 2 N–H and O–H groups in total. The van der Waals surface area contributed by atoms with E-state index in [9.17, 15) is 13.8 Å². The predicted octanol–water partition coefficient (Wildman–Crippen LogP) is 2.22. The van der Waals surface area contributed by atoms with Crippen molar-refractivity contribution in [2.24, 2.45) is 0 Å². The molecule has 0 fully saturated rings. The van der Waals surface area contributed by atoms with Crippen LogP contribution in [0.1, 0.15) is 22.3 Å². The van der Waals surface area contributed by atoms with Crippen molar-refractivity contribution in [2.45, 2.75) is 27.7 Å². The Morgan fingerprint density at radius 1 is 0.935 bits per heavy atom. The molecule has 0 saturated carbocycles. The van der Waals surface area contributed by atoms with Crippen LogP contribution < -0.4 is 10.6 Å². The van der Waals surface area contributed by atoms with Crippen molar-refractivity contribution >= 4 is 34.0 Å². The number of carbonyl (C=O) groups is 2. The van der Waals surface area contributed by atoms with Gasteiger partial charge in [-0.15, -0.1) is 5.10 Å². The molecule has 9 nitrogen and oxygen atoms in total. The van der Waals surface area contributed by atoms with Gasteiger partial charge in [0.25, 0.3) is 0 Å². The second kappa shape index (κ2) is 9.61. The number of amides is 2. The molecule has 1 aromatic heterocycles. The molecule has 162 valence electrons. The first-order valence-electron chi connectivity index (χ1n) is 9.59. The highest BCUT2D eigenvalue weighted by Crippen LogP contribution is 2.22. The lowest BCUT2D eigenvalue weighted by Gasteiger charge is -2.13. The molecule has 0 radical (unpaired) electrons. The lowest BCUT2D eigenvalue weighted by molar-refractivity contribution is -0.114. The van der Waals surface area contributed by atoms with E-state index in [1.165, 1.54) is 11.0 Å². The van der Waals surface area contributed by atoms with Crippen molar-refractivity contribution in [3.63, 3.8) is 0 Å². The number of aryl methyl sites for hydroxylation is 4. The molecule has 3 aromatic rings. The Kier molecular flexibility index (Phi) is 6.91. The maximum atomic E-state index is 12.3. The van der Waals surface area contributed by atoms with Gasteiger partial charge in [0.05, 0.1) is 5.69 Å². The van der Waals surface area contributed by atoms with Gasteiger partial charge in [0, 0.05) is 22.2 Å². The second-order valence-corrected chi connectivity index (χ2v) is 8.81. The highest BCUT2D eigenvalue weighted by atomic mass is 32.2. The van der Waals surface area contributed by atoms with Gasteiger partial charge in [0.15, 0.2) is 0 Å². The van der Waals surface area contributed by atoms with E-state index in [-0.39, 0.29) is 17.4 Å². The molecule has 0 aliphatic rings. The second-order valence-electron chi connectivity index (χ2n) is 7.35. The minimum Gasteiger partial charge on any atom is -0.325 e. The van der Waals surface area contributed by atoms with Crippen molar-refractivity contribution in [2.75, 3.05) is 22.1 Å². The molecule has 3 rings (SSSR count). The monoisotopic (exact) mass is 440 g/mol. The molecular formula is C21H24N6O3S. The molecule has 0 aliphatic heterocycles. The van der Waals surface area contributed by atoms with E-state index in [0.717, 1.165) is 33.6 Å². The van der Waals surface area contributed by atoms with E-state index in [1.54, 1.807) is 18.2 Å². The first-order valence-corrected chi connectivity index (χ1v) is 11.1. The zero-order valence-corrected chi connectivity index (χ0v) is 18.6. The number of rotatable bonds is 7.